The second-order valence-corrected chi connectivity index (χ2v) is 6.62. The Hall–Kier alpha value is -0.160. The molecule has 2 fully saturated rings. The molecule has 0 spiro atoms. The SMILES string of the molecule is CNCC1(CN(C)CC2CCCN2C)CCOCC1. The fourth-order valence-corrected chi connectivity index (χ4v) is 3.78. The lowest BCUT2D eigenvalue weighted by molar-refractivity contribution is -0.00196. The number of nitrogens with one attached hydrogen (secondary N) is 1. The molecule has 0 aliphatic carbocycles. The fraction of sp³-hybridized carbons (Fsp3) is 1.00. The van der Waals surface area contributed by atoms with Crippen LogP contribution in [0.2, 0.25) is 0 Å². The monoisotopic (exact) mass is 269 g/mol. The molecule has 1 N–H and O–H groups in total. The van der Waals surface area contributed by atoms with Crippen LogP contribution < -0.4 is 5.32 Å². The molecule has 2 saturated heterocycles. The van der Waals surface area contributed by atoms with Gasteiger partial charge in [0.15, 0.2) is 0 Å². The van der Waals surface area contributed by atoms with Crippen LogP contribution in [-0.2, 0) is 4.74 Å². The average molecular weight is 269 g/mol. The van der Waals surface area contributed by atoms with Crippen LogP contribution in [0.15, 0.2) is 0 Å². The van der Waals surface area contributed by atoms with E-state index in [1.54, 1.807) is 0 Å². The molecule has 2 rings (SSSR count). The molecule has 0 bridgehead atoms. The zero-order valence-corrected chi connectivity index (χ0v) is 13.0. The number of ether oxygens (including phenoxy) is 1. The summed E-state index contributed by atoms with van der Waals surface area (Å²) in [5.41, 5.74) is 0.416. The van der Waals surface area contributed by atoms with Crippen LogP contribution in [0.4, 0.5) is 0 Å². The Morgan fingerprint density at radius 2 is 2.11 bits per heavy atom. The quantitative estimate of drug-likeness (QED) is 0.779. The van der Waals surface area contributed by atoms with Gasteiger partial charge in [0.05, 0.1) is 0 Å². The average Bonchev–Trinajstić information content (AvgIpc) is 2.76. The first-order valence-corrected chi connectivity index (χ1v) is 7.76. The Balaban J connectivity index is 1.85. The van der Waals surface area contributed by atoms with Crippen molar-refractivity contribution in [3.63, 3.8) is 0 Å². The molecule has 0 aromatic carbocycles. The summed E-state index contributed by atoms with van der Waals surface area (Å²) in [6.07, 6.45) is 5.12. The van der Waals surface area contributed by atoms with Gasteiger partial charge < -0.3 is 19.9 Å². The van der Waals surface area contributed by atoms with Gasteiger partial charge in [-0.05, 0) is 58.8 Å². The number of likely N-dealkylation sites (tertiary alicyclic amines) is 1. The topological polar surface area (TPSA) is 27.7 Å². The Labute approximate surface area is 118 Å². The third-order valence-corrected chi connectivity index (χ3v) is 4.90. The maximum Gasteiger partial charge on any atom is 0.0472 e. The third kappa shape index (κ3) is 4.15. The molecule has 1 atom stereocenters. The maximum absolute atomic E-state index is 5.55. The molecule has 2 aliphatic rings. The first kappa shape index (κ1) is 15.2. The van der Waals surface area contributed by atoms with Crippen molar-refractivity contribution in [1.82, 2.24) is 15.1 Å². The van der Waals surface area contributed by atoms with Crippen LogP contribution >= 0.6 is 0 Å². The zero-order valence-electron chi connectivity index (χ0n) is 13.0. The van der Waals surface area contributed by atoms with Crippen molar-refractivity contribution in [2.24, 2.45) is 5.41 Å². The van der Waals surface area contributed by atoms with Gasteiger partial charge in [0.1, 0.15) is 0 Å². The fourth-order valence-electron chi connectivity index (χ4n) is 3.78. The van der Waals surface area contributed by atoms with Crippen molar-refractivity contribution in [2.75, 3.05) is 60.5 Å². The highest BCUT2D eigenvalue weighted by Gasteiger charge is 2.34. The van der Waals surface area contributed by atoms with Crippen molar-refractivity contribution in [3.05, 3.63) is 0 Å². The van der Waals surface area contributed by atoms with E-state index < -0.39 is 0 Å². The van der Waals surface area contributed by atoms with E-state index in [0.717, 1.165) is 25.8 Å². The minimum atomic E-state index is 0.416. The lowest BCUT2D eigenvalue weighted by atomic mass is 9.79. The molecule has 0 amide bonds. The summed E-state index contributed by atoms with van der Waals surface area (Å²) in [6, 6.07) is 0.761. The summed E-state index contributed by atoms with van der Waals surface area (Å²) >= 11 is 0. The Morgan fingerprint density at radius 3 is 2.68 bits per heavy atom. The van der Waals surface area contributed by atoms with Gasteiger partial charge in [-0.1, -0.05) is 0 Å². The summed E-state index contributed by atoms with van der Waals surface area (Å²) < 4.78 is 5.55. The zero-order chi connectivity index (χ0) is 13.7. The molecule has 1 unspecified atom stereocenters. The maximum atomic E-state index is 5.55. The van der Waals surface area contributed by atoms with Crippen molar-refractivity contribution in [2.45, 2.75) is 31.7 Å². The molecule has 4 heteroatoms. The molecule has 0 aromatic rings. The molecule has 0 saturated carbocycles. The highest BCUT2D eigenvalue weighted by atomic mass is 16.5. The van der Waals surface area contributed by atoms with Crippen LogP contribution in [0.1, 0.15) is 25.7 Å². The van der Waals surface area contributed by atoms with Gasteiger partial charge in [0.25, 0.3) is 0 Å². The van der Waals surface area contributed by atoms with Crippen LogP contribution in [0.5, 0.6) is 0 Å². The summed E-state index contributed by atoms with van der Waals surface area (Å²) in [7, 11) is 6.63. The van der Waals surface area contributed by atoms with Gasteiger partial charge in [-0.3, -0.25) is 0 Å². The number of hydrogen-bond acceptors (Lipinski definition) is 4. The molecule has 2 heterocycles. The predicted molar refractivity (Wildman–Crippen MR) is 79.6 cm³/mol. The van der Waals surface area contributed by atoms with E-state index in [4.69, 9.17) is 4.74 Å². The van der Waals surface area contributed by atoms with Crippen LogP contribution in [0.3, 0.4) is 0 Å². The lowest BCUT2D eigenvalue weighted by Gasteiger charge is -2.41. The highest BCUT2D eigenvalue weighted by molar-refractivity contribution is 4.88. The van der Waals surface area contributed by atoms with E-state index >= 15 is 0 Å². The number of nitrogens with zero attached hydrogens (tertiary/aromatic N) is 2. The molecule has 112 valence electrons. The lowest BCUT2D eigenvalue weighted by Crippen LogP contribution is -2.48. The molecule has 0 radical (unpaired) electrons. The smallest absolute Gasteiger partial charge is 0.0472 e. The Kier molecular flexibility index (Phi) is 5.63. The van der Waals surface area contributed by atoms with E-state index in [2.05, 4.69) is 36.3 Å². The van der Waals surface area contributed by atoms with E-state index in [1.807, 2.05) is 0 Å². The predicted octanol–water partition coefficient (Wildman–Crippen LogP) is 1.03. The van der Waals surface area contributed by atoms with E-state index in [-0.39, 0.29) is 0 Å². The normalized spacial score (nSPS) is 28.1. The van der Waals surface area contributed by atoms with Crippen molar-refractivity contribution >= 4 is 0 Å². The third-order valence-electron chi connectivity index (χ3n) is 4.90. The van der Waals surface area contributed by atoms with Crippen LogP contribution in [0.25, 0.3) is 0 Å². The second kappa shape index (κ2) is 7.02. The number of rotatable bonds is 6. The molecule has 19 heavy (non-hydrogen) atoms. The molecular formula is C15H31N3O. The molecule has 4 nitrogen and oxygen atoms in total. The van der Waals surface area contributed by atoms with Crippen LogP contribution in [0, 0.1) is 5.41 Å². The largest absolute Gasteiger partial charge is 0.381 e. The van der Waals surface area contributed by atoms with Crippen molar-refractivity contribution in [3.8, 4) is 0 Å². The first-order chi connectivity index (χ1) is 9.15. The number of likely N-dealkylation sites (N-methyl/N-ethyl adjacent to an activating group) is 2. The van der Waals surface area contributed by atoms with E-state index in [0.29, 0.717) is 5.41 Å². The Morgan fingerprint density at radius 1 is 1.37 bits per heavy atom. The molecular weight excluding hydrogens is 238 g/mol. The minimum Gasteiger partial charge on any atom is -0.381 e. The molecule has 2 aliphatic heterocycles. The summed E-state index contributed by atoms with van der Waals surface area (Å²) in [4.78, 5) is 5.07. The van der Waals surface area contributed by atoms with Gasteiger partial charge in [0.2, 0.25) is 0 Å². The summed E-state index contributed by atoms with van der Waals surface area (Å²) in [6.45, 7) is 6.65. The van der Waals surface area contributed by atoms with Gasteiger partial charge in [0, 0.05) is 38.9 Å². The minimum absolute atomic E-state index is 0.416. The highest BCUT2D eigenvalue weighted by Crippen LogP contribution is 2.31. The van der Waals surface area contributed by atoms with Crippen molar-refractivity contribution < 1.29 is 4.74 Å². The van der Waals surface area contributed by atoms with Gasteiger partial charge in [-0.25, -0.2) is 0 Å². The molecule has 0 aromatic heterocycles. The second-order valence-electron chi connectivity index (χ2n) is 6.62. The first-order valence-electron chi connectivity index (χ1n) is 7.76. The Bertz CT molecular complexity index is 261. The standard InChI is InChI=1S/C15H31N3O/c1-16-12-15(6-9-19-10-7-15)13-17(2)11-14-5-4-8-18(14)3/h14,16H,4-13H2,1-3H3. The summed E-state index contributed by atoms with van der Waals surface area (Å²) in [5.74, 6) is 0. The summed E-state index contributed by atoms with van der Waals surface area (Å²) in [5, 5.41) is 3.39. The van der Waals surface area contributed by atoms with E-state index in [1.165, 1.54) is 45.3 Å². The number of hydrogen-bond donors (Lipinski definition) is 1. The van der Waals surface area contributed by atoms with Crippen LogP contribution in [-0.4, -0.2) is 76.4 Å². The van der Waals surface area contributed by atoms with Crippen molar-refractivity contribution in [1.29, 1.82) is 0 Å². The van der Waals surface area contributed by atoms with Gasteiger partial charge >= 0.3 is 0 Å². The van der Waals surface area contributed by atoms with E-state index in [9.17, 15) is 0 Å². The van der Waals surface area contributed by atoms with Gasteiger partial charge in [-0.15, -0.1) is 0 Å². The van der Waals surface area contributed by atoms with Gasteiger partial charge in [-0.2, -0.15) is 0 Å².